The minimum atomic E-state index is -0.559. The molecule has 2 aromatic rings. The van der Waals surface area contributed by atoms with Crippen LogP contribution < -0.4 is 10.6 Å². The summed E-state index contributed by atoms with van der Waals surface area (Å²) in [5.74, 6) is -1.86. The smallest absolute Gasteiger partial charge is 0.244 e. The summed E-state index contributed by atoms with van der Waals surface area (Å²) in [6.45, 7) is 2.98. The fraction of sp³-hybridized carbons (Fsp3) is 0.333. The number of halogens is 3. The molecule has 3 rings (SSSR count). The first kappa shape index (κ1) is 22.8. The minimum absolute atomic E-state index is 0. The van der Waals surface area contributed by atoms with E-state index >= 15 is 0 Å². The van der Waals surface area contributed by atoms with Gasteiger partial charge in [-0.2, -0.15) is 0 Å². The predicted octanol–water partition coefficient (Wildman–Crippen LogP) is 3.21. The number of benzene rings is 2. The summed E-state index contributed by atoms with van der Waals surface area (Å²) in [7, 11) is 0. The number of anilines is 1. The number of carbonyl (C=O) groups excluding carboxylic acids is 2. The van der Waals surface area contributed by atoms with Gasteiger partial charge in [0, 0.05) is 18.0 Å². The van der Waals surface area contributed by atoms with Gasteiger partial charge < -0.3 is 15.5 Å². The molecule has 29 heavy (non-hydrogen) atoms. The molecule has 5 nitrogen and oxygen atoms in total. The van der Waals surface area contributed by atoms with Crippen LogP contribution in [0.5, 0.6) is 0 Å². The van der Waals surface area contributed by atoms with Gasteiger partial charge in [-0.1, -0.05) is 37.3 Å². The molecule has 0 radical (unpaired) electrons. The monoisotopic (exact) mass is 423 g/mol. The van der Waals surface area contributed by atoms with Gasteiger partial charge in [-0.05, 0) is 37.2 Å². The van der Waals surface area contributed by atoms with E-state index in [9.17, 15) is 18.4 Å². The van der Waals surface area contributed by atoms with Crippen molar-refractivity contribution in [3.05, 3.63) is 65.7 Å². The van der Waals surface area contributed by atoms with Gasteiger partial charge in [0.25, 0.3) is 0 Å². The van der Waals surface area contributed by atoms with Crippen molar-refractivity contribution in [1.82, 2.24) is 10.2 Å². The van der Waals surface area contributed by atoms with Crippen LogP contribution in [0.3, 0.4) is 0 Å². The Kier molecular flexibility index (Phi) is 8.10. The fourth-order valence-corrected chi connectivity index (χ4v) is 3.12. The Hall–Kier alpha value is -2.51. The van der Waals surface area contributed by atoms with Crippen molar-refractivity contribution < 1.29 is 18.4 Å². The maximum atomic E-state index is 14.1. The SMILES string of the molecule is CC(C(=O)N(CC(=O)Nc1ccccc1F)Cc1ccccc1F)C1CNC1.Cl. The molecule has 156 valence electrons. The molecule has 1 aliphatic rings. The highest BCUT2D eigenvalue weighted by Gasteiger charge is 2.32. The molecule has 1 heterocycles. The summed E-state index contributed by atoms with van der Waals surface area (Å²) in [5, 5.41) is 5.60. The number of carbonyl (C=O) groups is 2. The third kappa shape index (κ3) is 5.74. The second kappa shape index (κ2) is 10.3. The van der Waals surface area contributed by atoms with E-state index in [1.165, 1.54) is 29.2 Å². The minimum Gasteiger partial charge on any atom is -0.329 e. The normalized spacial score (nSPS) is 14.3. The number of nitrogens with one attached hydrogen (secondary N) is 2. The lowest BCUT2D eigenvalue weighted by molar-refractivity contribution is -0.140. The molecular formula is C21H24ClF2N3O2. The average Bonchev–Trinajstić information content (AvgIpc) is 2.62. The van der Waals surface area contributed by atoms with Gasteiger partial charge in [-0.3, -0.25) is 9.59 Å². The van der Waals surface area contributed by atoms with Crippen LogP contribution in [0.4, 0.5) is 14.5 Å². The molecule has 2 aromatic carbocycles. The third-order valence-corrected chi connectivity index (χ3v) is 5.02. The molecule has 1 saturated heterocycles. The summed E-state index contributed by atoms with van der Waals surface area (Å²) in [6.07, 6.45) is 0. The van der Waals surface area contributed by atoms with Crippen LogP contribution in [0.1, 0.15) is 12.5 Å². The van der Waals surface area contributed by atoms with E-state index in [0.717, 1.165) is 13.1 Å². The molecule has 0 saturated carbocycles. The van der Waals surface area contributed by atoms with Crippen molar-refractivity contribution in [2.75, 3.05) is 25.0 Å². The van der Waals surface area contributed by atoms with E-state index in [1.54, 1.807) is 24.3 Å². The Bertz CT molecular complexity index is 861. The summed E-state index contributed by atoms with van der Waals surface area (Å²) in [6, 6.07) is 12.0. The topological polar surface area (TPSA) is 61.4 Å². The van der Waals surface area contributed by atoms with Crippen molar-refractivity contribution >= 4 is 29.9 Å². The molecule has 0 spiro atoms. The van der Waals surface area contributed by atoms with Crippen LogP contribution >= 0.6 is 12.4 Å². The van der Waals surface area contributed by atoms with Crippen molar-refractivity contribution in [3.8, 4) is 0 Å². The van der Waals surface area contributed by atoms with Gasteiger partial charge >= 0.3 is 0 Å². The molecular weight excluding hydrogens is 400 g/mol. The largest absolute Gasteiger partial charge is 0.329 e. The van der Waals surface area contributed by atoms with Crippen LogP contribution in [0.2, 0.25) is 0 Å². The lowest BCUT2D eigenvalue weighted by Gasteiger charge is -2.35. The van der Waals surface area contributed by atoms with Crippen molar-refractivity contribution in [2.45, 2.75) is 13.5 Å². The fourth-order valence-electron chi connectivity index (χ4n) is 3.12. The molecule has 1 atom stereocenters. The van der Waals surface area contributed by atoms with E-state index in [0.29, 0.717) is 5.56 Å². The quantitative estimate of drug-likeness (QED) is 0.719. The Balaban J connectivity index is 0.00000300. The zero-order valence-corrected chi connectivity index (χ0v) is 16.8. The molecule has 0 aromatic heterocycles. The average molecular weight is 424 g/mol. The van der Waals surface area contributed by atoms with Crippen LogP contribution in [0.25, 0.3) is 0 Å². The van der Waals surface area contributed by atoms with Crippen LogP contribution in [-0.4, -0.2) is 36.3 Å². The summed E-state index contributed by atoms with van der Waals surface area (Å²) < 4.78 is 27.9. The highest BCUT2D eigenvalue weighted by atomic mass is 35.5. The summed E-state index contributed by atoms with van der Waals surface area (Å²) in [4.78, 5) is 26.8. The zero-order chi connectivity index (χ0) is 20.1. The highest BCUT2D eigenvalue weighted by molar-refractivity contribution is 5.95. The van der Waals surface area contributed by atoms with Gasteiger partial charge in [0.1, 0.15) is 18.2 Å². The zero-order valence-electron chi connectivity index (χ0n) is 16.0. The molecule has 1 aliphatic heterocycles. The maximum Gasteiger partial charge on any atom is 0.244 e. The summed E-state index contributed by atoms with van der Waals surface area (Å²) in [5.41, 5.74) is 0.371. The molecule has 1 fully saturated rings. The Labute approximate surface area is 174 Å². The van der Waals surface area contributed by atoms with Gasteiger partial charge in [-0.25, -0.2) is 8.78 Å². The molecule has 0 bridgehead atoms. The van der Waals surface area contributed by atoms with E-state index in [2.05, 4.69) is 10.6 Å². The molecule has 1 unspecified atom stereocenters. The Morgan fingerprint density at radius 1 is 1.10 bits per heavy atom. The maximum absolute atomic E-state index is 14.1. The number of hydrogen-bond donors (Lipinski definition) is 2. The van der Waals surface area contributed by atoms with Gasteiger partial charge in [-0.15, -0.1) is 12.4 Å². The third-order valence-electron chi connectivity index (χ3n) is 5.02. The standard InChI is InChI=1S/C21H23F2N3O2.ClH/c1-14(16-10-24-11-16)21(28)26(12-15-6-2-3-7-17(15)22)13-20(27)25-19-9-5-4-8-18(19)23;/h2-9,14,16,24H,10-13H2,1H3,(H,25,27);1H. The Morgan fingerprint density at radius 2 is 1.72 bits per heavy atom. The second-order valence-corrected chi connectivity index (χ2v) is 7.02. The lowest BCUT2D eigenvalue weighted by atomic mass is 9.88. The first-order valence-electron chi connectivity index (χ1n) is 9.23. The summed E-state index contributed by atoms with van der Waals surface area (Å²) >= 11 is 0. The van der Waals surface area contributed by atoms with E-state index in [-0.39, 0.29) is 48.9 Å². The molecule has 2 amide bonds. The first-order valence-corrected chi connectivity index (χ1v) is 9.23. The second-order valence-electron chi connectivity index (χ2n) is 7.02. The van der Waals surface area contributed by atoms with E-state index in [4.69, 9.17) is 0 Å². The van der Waals surface area contributed by atoms with Crippen molar-refractivity contribution in [3.63, 3.8) is 0 Å². The molecule has 2 N–H and O–H groups in total. The number of amides is 2. The predicted molar refractivity (Wildman–Crippen MR) is 110 cm³/mol. The molecule has 0 aliphatic carbocycles. The van der Waals surface area contributed by atoms with Gasteiger partial charge in [0.2, 0.25) is 11.8 Å². The van der Waals surface area contributed by atoms with Crippen LogP contribution in [0, 0.1) is 23.5 Å². The van der Waals surface area contributed by atoms with Crippen molar-refractivity contribution in [2.24, 2.45) is 11.8 Å². The lowest BCUT2D eigenvalue weighted by Crippen LogP contribution is -2.51. The van der Waals surface area contributed by atoms with Gasteiger partial charge in [0.15, 0.2) is 0 Å². The van der Waals surface area contributed by atoms with Crippen molar-refractivity contribution in [1.29, 1.82) is 0 Å². The number of nitrogens with zero attached hydrogens (tertiary/aromatic N) is 1. The first-order chi connectivity index (χ1) is 13.5. The highest BCUT2D eigenvalue weighted by Crippen LogP contribution is 2.21. The van der Waals surface area contributed by atoms with E-state index < -0.39 is 17.5 Å². The number of rotatable bonds is 7. The Morgan fingerprint density at radius 3 is 2.31 bits per heavy atom. The van der Waals surface area contributed by atoms with Crippen LogP contribution in [0.15, 0.2) is 48.5 Å². The van der Waals surface area contributed by atoms with Gasteiger partial charge in [0.05, 0.1) is 5.69 Å². The number of para-hydroxylation sites is 1. The van der Waals surface area contributed by atoms with E-state index in [1.807, 2.05) is 6.92 Å². The number of hydrogen-bond acceptors (Lipinski definition) is 3. The molecule has 8 heteroatoms. The van der Waals surface area contributed by atoms with Crippen LogP contribution in [-0.2, 0) is 16.1 Å².